The Balaban J connectivity index is 0.00000108. The first-order valence-corrected chi connectivity index (χ1v) is 11.0. The van der Waals surface area contributed by atoms with Crippen LogP contribution in [0.15, 0.2) is 54.6 Å². The predicted octanol–water partition coefficient (Wildman–Crippen LogP) is 5.57. The van der Waals surface area contributed by atoms with Gasteiger partial charge in [0.05, 0.1) is 0 Å². The van der Waals surface area contributed by atoms with Crippen LogP contribution >= 0.6 is 0 Å². The van der Waals surface area contributed by atoms with Gasteiger partial charge >= 0.3 is 12.4 Å². The first-order valence-electron chi connectivity index (χ1n) is 11.0. The molecule has 2 aromatic rings. The minimum atomic E-state index is -5.31. The van der Waals surface area contributed by atoms with Crippen molar-refractivity contribution in [2.75, 3.05) is 26.2 Å². The minimum Gasteiger partial charge on any atom is -0.483 e. The lowest BCUT2D eigenvalue weighted by Gasteiger charge is -2.56. The Hall–Kier alpha value is -2.79. The molecule has 0 saturated carbocycles. The monoisotopic (exact) mass is 504 g/mol. The van der Waals surface area contributed by atoms with Crippen LogP contribution in [0, 0.1) is 5.41 Å². The zero-order valence-corrected chi connectivity index (χ0v) is 18.7. The summed E-state index contributed by atoms with van der Waals surface area (Å²) in [7, 11) is 0. The summed E-state index contributed by atoms with van der Waals surface area (Å²) < 4.78 is 83.5. The van der Waals surface area contributed by atoms with Crippen molar-refractivity contribution in [2.24, 2.45) is 5.41 Å². The number of likely N-dealkylation sites (tertiary alicyclic amines) is 2. The minimum absolute atomic E-state index is 0.162. The van der Waals surface area contributed by atoms with Gasteiger partial charge in [-0.2, -0.15) is 26.3 Å². The molecule has 0 aliphatic carbocycles. The van der Waals surface area contributed by atoms with E-state index in [0.717, 1.165) is 11.3 Å². The highest BCUT2D eigenvalue weighted by molar-refractivity contribution is 5.34. The molecule has 1 spiro atoms. The number of carboxylic acid groups (broad SMARTS) is 1. The molecule has 0 aromatic heterocycles. The Morgan fingerprint density at radius 1 is 0.914 bits per heavy atom. The molecule has 2 aliphatic rings. The van der Waals surface area contributed by atoms with Crippen molar-refractivity contribution in [2.45, 2.75) is 37.8 Å². The van der Waals surface area contributed by atoms with Gasteiger partial charge in [-0.05, 0) is 61.2 Å². The van der Waals surface area contributed by atoms with Gasteiger partial charge in [0.15, 0.2) is 0 Å². The number of nitrogens with zero attached hydrogens (tertiary/aromatic N) is 2. The van der Waals surface area contributed by atoms with Gasteiger partial charge in [-0.25, -0.2) is 0 Å². The van der Waals surface area contributed by atoms with Crippen molar-refractivity contribution in [1.29, 1.82) is 0 Å². The third-order valence-electron chi connectivity index (χ3n) is 6.26. The number of para-hydroxylation sites is 1. The number of rotatable bonds is 5. The van der Waals surface area contributed by atoms with Gasteiger partial charge in [-0.1, -0.05) is 30.3 Å². The molecule has 0 bridgehead atoms. The Kier molecular flexibility index (Phi) is 8.32. The van der Waals surface area contributed by atoms with Crippen molar-refractivity contribution in [3.8, 4) is 11.5 Å². The Labute approximate surface area is 198 Å². The van der Waals surface area contributed by atoms with E-state index in [2.05, 4.69) is 4.90 Å². The number of piperidine rings is 1. The molecule has 2 aliphatic heterocycles. The third kappa shape index (κ3) is 7.11. The lowest BCUT2D eigenvalue weighted by molar-refractivity contribution is -0.307. The molecule has 192 valence electrons. The topological polar surface area (TPSA) is 53.0 Å². The van der Waals surface area contributed by atoms with Gasteiger partial charge in [-0.3, -0.25) is 14.6 Å². The van der Waals surface area contributed by atoms with Gasteiger partial charge in [0.1, 0.15) is 11.5 Å². The number of halogens is 6. The summed E-state index contributed by atoms with van der Waals surface area (Å²) >= 11 is 0. The van der Waals surface area contributed by atoms with Crippen LogP contribution in [0.2, 0.25) is 0 Å². The molecule has 2 fully saturated rings. The molecule has 2 heterocycles. The highest BCUT2D eigenvalue weighted by Gasteiger charge is 2.64. The van der Waals surface area contributed by atoms with E-state index in [1.165, 1.54) is 0 Å². The third-order valence-corrected chi connectivity index (χ3v) is 6.26. The summed E-state index contributed by atoms with van der Waals surface area (Å²) in [6, 6.07) is 13.7. The quantitative estimate of drug-likeness (QED) is 0.426. The molecule has 35 heavy (non-hydrogen) atoms. The zero-order valence-electron chi connectivity index (χ0n) is 18.7. The molecular weight excluding hydrogens is 478 g/mol. The Morgan fingerprint density at radius 2 is 1.46 bits per heavy atom. The maximum absolute atomic E-state index is 12.9. The van der Waals surface area contributed by atoms with Crippen molar-refractivity contribution in [3.05, 3.63) is 60.2 Å². The van der Waals surface area contributed by atoms with E-state index in [-0.39, 0.29) is 19.6 Å². The molecule has 2 aromatic carbocycles. The average Bonchev–Trinajstić information content (AvgIpc) is 2.74. The van der Waals surface area contributed by atoms with Crippen molar-refractivity contribution >= 4 is 6.47 Å². The van der Waals surface area contributed by atoms with Gasteiger partial charge in [0, 0.05) is 19.6 Å². The molecule has 0 unspecified atom stereocenters. The molecule has 5 nitrogen and oxygen atoms in total. The van der Waals surface area contributed by atoms with E-state index < -0.39 is 23.8 Å². The maximum Gasteiger partial charge on any atom is 0.412 e. The van der Waals surface area contributed by atoms with Crippen molar-refractivity contribution < 1.29 is 41.0 Å². The lowest BCUT2D eigenvalue weighted by Crippen LogP contribution is -2.68. The summed E-state index contributed by atoms with van der Waals surface area (Å²) in [6.45, 7) is 1.36. The van der Waals surface area contributed by atoms with Gasteiger partial charge in [0.25, 0.3) is 6.47 Å². The molecule has 0 atom stereocenters. The fraction of sp³-hybridized carbons (Fsp3) is 0.458. The zero-order chi connectivity index (χ0) is 25.7. The van der Waals surface area contributed by atoms with Crippen molar-refractivity contribution in [3.63, 3.8) is 0 Å². The summed E-state index contributed by atoms with van der Waals surface area (Å²) in [5.74, 6) is 1.44. The normalized spacial score (nSPS) is 18.5. The standard InChI is InChI=1S/C23H24F6N2O.CH2O2/c24-22(25,26)20(23(27,28)29)31-15-21(16-31)9-11-30(12-10-21)14-17-5-4-8-19(13-17)32-18-6-2-1-3-7-18;2-1-3/h1-8,13,20H,9-12,14-16H2;1H,(H,2,3). The van der Waals surface area contributed by atoms with Crippen LogP contribution in [0.5, 0.6) is 11.5 Å². The number of carbonyl (C=O) groups is 1. The second kappa shape index (κ2) is 10.9. The van der Waals surface area contributed by atoms with Crippen LogP contribution in [0.4, 0.5) is 26.3 Å². The van der Waals surface area contributed by atoms with Crippen LogP contribution in [-0.2, 0) is 11.3 Å². The van der Waals surface area contributed by atoms with Gasteiger partial charge < -0.3 is 9.84 Å². The van der Waals surface area contributed by atoms with E-state index in [9.17, 15) is 26.3 Å². The lowest BCUT2D eigenvalue weighted by atomic mass is 9.71. The van der Waals surface area contributed by atoms with Gasteiger partial charge in [-0.15, -0.1) is 0 Å². The molecule has 0 amide bonds. The Bertz CT molecular complexity index is 938. The summed E-state index contributed by atoms with van der Waals surface area (Å²) in [4.78, 5) is 11.1. The smallest absolute Gasteiger partial charge is 0.412 e. The summed E-state index contributed by atoms with van der Waals surface area (Å²) in [5, 5.41) is 6.89. The maximum atomic E-state index is 12.9. The number of hydrogen-bond donors (Lipinski definition) is 1. The number of ether oxygens (including phenoxy) is 1. The van der Waals surface area contributed by atoms with E-state index >= 15 is 0 Å². The molecule has 2 saturated heterocycles. The van der Waals surface area contributed by atoms with E-state index in [1.807, 2.05) is 54.6 Å². The largest absolute Gasteiger partial charge is 0.483 e. The molecule has 11 heteroatoms. The van der Waals surface area contributed by atoms with Crippen LogP contribution in [0.1, 0.15) is 18.4 Å². The molecule has 0 radical (unpaired) electrons. The fourth-order valence-corrected chi connectivity index (χ4v) is 4.69. The van der Waals surface area contributed by atoms with Crippen LogP contribution in [-0.4, -0.2) is 66.0 Å². The second-order valence-electron chi connectivity index (χ2n) is 8.83. The van der Waals surface area contributed by atoms with E-state index in [4.69, 9.17) is 14.6 Å². The fourth-order valence-electron chi connectivity index (χ4n) is 4.69. The molecular formula is C24H26F6N2O3. The number of benzene rings is 2. The molecule has 4 rings (SSSR count). The second-order valence-corrected chi connectivity index (χ2v) is 8.83. The highest BCUT2D eigenvalue weighted by Crippen LogP contribution is 2.47. The SMILES string of the molecule is FC(F)(F)C(N1CC2(CCN(Cc3cccc(Oc4ccccc4)c3)CC2)C1)C(F)(F)F.O=CO. The summed E-state index contributed by atoms with van der Waals surface area (Å²) in [6.07, 6.45) is -9.45. The number of hydrogen-bond acceptors (Lipinski definition) is 4. The van der Waals surface area contributed by atoms with Gasteiger partial charge in [0.2, 0.25) is 6.04 Å². The predicted molar refractivity (Wildman–Crippen MR) is 116 cm³/mol. The van der Waals surface area contributed by atoms with E-state index in [1.54, 1.807) is 0 Å². The van der Waals surface area contributed by atoms with E-state index in [0.29, 0.717) is 43.1 Å². The number of alkyl halides is 6. The first-order chi connectivity index (χ1) is 16.5. The van der Waals surface area contributed by atoms with Crippen LogP contribution < -0.4 is 4.74 Å². The summed E-state index contributed by atoms with van der Waals surface area (Å²) in [5.41, 5.74) is 0.586. The van der Waals surface area contributed by atoms with Crippen LogP contribution in [0.25, 0.3) is 0 Å². The average molecular weight is 504 g/mol. The molecule has 1 N–H and O–H groups in total. The van der Waals surface area contributed by atoms with Crippen molar-refractivity contribution in [1.82, 2.24) is 9.80 Å². The Morgan fingerprint density at radius 3 is 2.00 bits per heavy atom. The highest BCUT2D eigenvalue weighted by atomic mass is 19.4. The van der Waals surface area contributed by atoms with Crippen LogP contribution in [0.3, 0.4) is 0 Å². The first kappa shape index (κ1) is 26.8.